The van der Waals surface area contributed by atoms with Crippen LogP contribution >= 0.6 is 48.2 Å². The van der Waals surface area contributed by atoms with Crippen LogP contribution in [0.2, 0.25) is 5.02 Å². The SMILES string of the molecule is Cl.Cl.NC1CCN(c2cc(Cl)ccc2/C=C2\SC(=O)N(CCCN3CCN(CC(O)(Cn4cncn4)c4ccc(F)cc4F)CC3)C2=O)CC1. The van der Waals surface area contributed by atoms with E-state index in [2.05, 4.69) is 19.9 Å². The first-order valence-electron chi connectivity index (χ1n) is 16.1. The number of rotatable bonds is 11. The van der Waals surface area contributed by atoms with Crippen LogP contribution in [0.15, 0.2) is 54.0 Å². The van der Waals surface area contributed by atoms with E-state index >= 15 is 0 Å². The second kappa shape index (κ2) is 17.6. The molecule has 0 aliphatic carbocycles. The van der Waals surface area contributed by atoms with E-state index in [4.69, 9.17) is 17.3 Å². The molecule has 0 radical (unpaired) electrons. The van der Waals surface area contributed by atoms with Gasteiger partial charge in [0.05, 0.1) is 11.4 Å². The predicted molar refractivity (Wildman–Crippen MR) is 196 cm³/mol. The Hall–Kier alpha value is -2.82. The third kappa shape index (κ3) is 9.53. The van der Waals surface area contributed by atoms with Crippen LogP contribution in [0.3, 0.4) is 0 Å². The van der Waals surface area contributed by atoms with Gasteiger partial charge in [0.1, 0.15) is 29.9 Å². The van der Waals surface area contributed by atoms with Gasteiger partial charge < -0.3 is 20.6 Å². The van der Waals surface area contributed by atoms with E-state index in [-0.39, 0.29) is 60.7 Å². The third-order valence-corrected chi connectivity index (χ3v) is 10.3. The lowest BCUT2D eigenvalue weighted by Crippen LogP contribution is -2.52. The van der Waals surface area contributed by atoms with E-state index in [1.165, 1.54) is 28.3 Å². The first-order chi connectivity index (χ1) is 23.1. The number of hydrogen-bond donors (Lipinski definition) is 2. The molecule has 3 fully saturated rings. The van der Waals surface area contributed by atoms with Crippen molar-refractivity contribution in [2.24, 2.45) is 5.73 Å². The molecule has 4 heterocycles. The van der Waals surface area contributed by atoms with Gasteiger partial charge in [0.15, 0.2) is 0 Å². The van der Waals surface area contributed by atoms with E-state index in [1.54, 1.807) is 12.1 Å². The van der Waals surface area contributed by atoms with Crippen molar-refractivity contribution >= 4 is 71.1 Å². The maximum absolute atomic E-state index is 14.8. The highest BCUT2D eigenvalue weighted by atomic mass is 35.5. The number of nitrogens with two attached hydrogens (primary N) is 1. The number of amides is 2. The minimum absolute atomic E-state index is 0. The molecule has 1 unspecified atom stereocenters. The molecule has 0 bridgehead atoms. The number of aromatic nitrogens is 3. The van der Waals surface area contributed by atoms with Crippen LogP contribution in [-0.4, -0.2) is 111 Å². The number of benzene rings is 2. The number of carbonyl (C=O) groups excluding carboxylic acids is 2. The number of anilines is 1. The Morgan fingerprint density at radius 1 is 0.980 bits per heavy atom. The van der Waals surface area contributed by atoms with Crippen LogP contribution in [-0.2, 0) is 16.9 Å². The van der Waals surface area contributed by atoms with E-state index in [9.17, 15) is 23.5 Å². The summed E-state index contributed by atoms with van der Waals surface area (Å²) in [5.41, 5.74) is 6.20. The molecule has 11 nitrogen and oxygen atoms in total. The van der Waals surface area contributed by atoms with Gasteiger partial charge in [-0.1, -0.05) is 23.7 Å². The molecule has 2 amide bonds. The van der Waals surface area contributed by atoms with Crippen LogP contribution in [0.1, 0.15) is 30.4 Å². The summed E-state index contributed by atoms with van der Waals surface area (Å²) < 4.78 is 29.9. The van der Waals surface area contributed by atoms with Crippen LogP contribution < -0.4 is 10.6 Å². The normalized spacial score (nSPS) is 19.8. The molecule has 17 heteroatoms. The first-order valence-corrected chi connectivity index (χ1v) is 17.3. The number of carbonyl (C=O) groups is 2. The molecule has 6 rings (SSSR count). The second-order valence-corrected chi connectivity index (χ2v) is 14.0. The molecule has 1 atom stereocenters. The fourth-order valence-electron chi connectivity index (χ4n) is 6.55. The quantitative estimate of drug-likeness (QED) is 0.267. The van der Waals surface area contributed by atoms with E-state index < -0.39 is 17.2 Å². The average molecular weight is 774 g/mol. The minimum atomic E-state index is -1.67. The molecule has 3 N–H and O–H groups in total. The van der Waals surface area contributed by atoms with E-state index in [0.717, 1.165) is 61.1 Å². The lowest BCUT2D eigenvalue weighted by atomic mass is 9.92. The lowest BCUT2D eigenvalue weighted by Gasteiger charge is -2.39. The van der Waals surface area contributed by atoms with Gasteiger partial charge in [-0.3, -0.25) is 19.4 Å². The highest BCUT2D eigenvalue weighted by Gasteiger charge is 2.37. The van der Waals surface area contributed by atoms with Gasteiger partial charge in [-0.15, -0.1) is 24.8 Å². The van der Waals surface area contributed by atoms with Crippen molar-refractivity contribution < 1.29 is 23.5 Å². The third-order valence-electron chi connectivity index (χ3n) is 9.16. The molecule has 3 aliphatic rings. The average Bonchev–Trinajstić information content (AvgIpc) is 3.66. The molecular weight excluding hydrogens is 733 g/mol. The fraction of sp³-hybridized carbons (Fsp3) is 0.455. The second-order valence-electron chi connectivity index (χ2n) is 12.6. The van der Waals surface area contributed by atoms with Crippen molar-refractivity contribution in [3.63, 3.8) is 0 Å². The Balaban J connectivity index is 0.00000281. The van der Waals surface area contributed by atoms with Crippen molar-refractivity contribution in [2.75, 3.05) is 63.8 Å². The van der Waals surface area contributed by atoms with E-state index in [0.29, 0.717) is 55.6 Å². The molecule has 1 aromatic heterocycles. The molecule has 3 saturated heterocycles. The van der Waals surface area contributed by atoms with Crippen LogP contribution in [0.25, 0.3) is 6.08 Å². The largest absolute Gasteiger partial charge is 0.382 e. The Kier molecular flexibility index (Phi) is 14.1. The number of piperazine rings is 1. The summed E-state index contributed by atoms with van der Waals surface area (Å²) >= 11 is 7.28. The van der Waals surface area contributed by atoms with Gasteiger partial charge in [-0.25, -0.2) is 18.4 Å². The van der Waals surface area contributed by atoms with Crippen LogP contribution in [0.4, 0.5) is 19.3 Å². The van der Waals surface area contributed by atoms with Gasteiger partial charge in [-0.05, 0) is 67.4 Å². The smallest absolute Gasteiger partial charge is 0.293 e. The highest BCUT2D eigenvalue weighted by molar-refractivity contribution is 8.18. The Labute approximate surface area is 311 Å². The monoisotopic (exact) mass is 772 g/mol. The molecule has 50 heavy (non-hydrogen) atoms. The molecule has 0 spiro atoms. The number of piperidine rings is 1. The van der Waals surface area contributed by atoms with Crippen molar-refractivity contribution in [1.29, 1.82) is 0 Å². The van der Waals surface area contributed by atoms with Gasteiger partial charge in [-0.2, -0.15) is 5.10 Å². The number of hydrogen-bond acceptors (Lipinski definition) is 10. The topological polar surface area (TPSA) is 124 Å². The van der Waals surface area contributed by atoms with Crippen LogP contribution in [0, 0.1) is 11.6 Å². The van der Waals surface area contributed by atoms with Crippen molar-refractivity contribution in [3.05, 3.63) is 81.7 Å². The highest BCUT2D eigenvalue weighted by Crippen LogP contribution is 2.36. The summed E-state index contributed by atoms with van der Waals surface area (Å²) in [6.07, 6.45) is 6.93. The van der Waals surface area contributed by atoms with Gasteiger partial charge >= 0.3 is 0 Å². The summed E-state index contributed by atoms with van der Waals surface area (Å²) in [6, 6.07) is 8.92. The summed E-state index contributed by atoms with van der Waals surface area (Å²) in [4.78, 5) is 38.3. The Morgan fingerprint density at radius 2 is 1.70 bits per heavy atom. The zero-order chi connectivity index (χ0) is 33.8. The maximum Gasteiger partial charge on any atom is 0.293 e. The zero-order valence-corrected chi connectivity index (χ0v) is 30.5. The number of aliphatic hydroxyl groups is 1. The molecule has 2 aromatic carbocycles. The molecular formula is C33H41Cl3F2N8O3S. The standard InChI is InChI=1S/C33H39ClF2N8O3S.2ClH/c34-24-3-2-23(29(17-24)42-10-6-26(37)7-11-42)16-30-31(45)44(32(46)48-30)9-1-8-40-12-14-41(15-13-40)19-33(47,20-43-22-38-21-39-43)27-5-4-25(35)18-28(27)36;;/h2-5,16-18,21-22,26,47H,1,6-15,19-20,37H2;2*1H/b30-16-;;. The number of halogens is 5. The summed E-state index contributed by atoms with van der Waals surface area (Å²) in [6.45, 7) is 5.26. The van der Waals surface area contributed by atoms with Crippen LogP contribution in [0.5, 0.6) is 0 Å². The molecule has 3 aliphatic heterocycles. The zero-order valence-electron chi connectivity index (χ0n) is 27.3. The maximum atomic E-state index is 14.8. The predicted octanol–water partition coefficient (Wildman–Crippen LogP) is 4.61. The molecule has 0 saturated carbocycles. The number of thioether (sulfide) groups is 1. The number of nitrogens with zero attached hydrogens (tertiary/aromatic N) is 7. The number of imide groups is 1. The van der Waals surface area contributed by atoms with Crippen molar-refractivity contribution in [2.45, 2.75) is 37.5 Å². The van der Waals surface area contributed by atoms with Crippen molar-refractivity contribution in [3.8, 4) is 0 Å². The Bertz CT molecular complexity index is 1660. The van der Waals surface area contributed by atoms with Gasteiger partial charge in [0.2, 0.25) is 0 Å². The van der Waals surface area contributed by atoms with E-state index in [1.807, 2.05) is 17.0 Å². The lowest BCUT2D eigenvalue weighted by molar-refractivity contribution is -0.122. The molecule has 272 valence electrons. The summed E-state index contributed by atoms with van der Waals surface area (Å²) in [5, 5.41) is 16.1. The van der Waals surface area contributed by atoms with Gasteiger partial charge in [0, 0.05) is 80.7 Å². The fourth-order valence-corrected chi connectivity index (χ4v) is 7.57. The summed E-state index contributed by atoms with van der Waals surface area (Å²) in [5.74, 6) is -1.83. The summed E-state index contributed by atoms with van der Waals surface area (Å²) in [7, 11) is 0. The van der Waals surface area contributed by atoms with Gasteiger partial charge in [0.25, 0.3) is 11.1 Å². The first kappa shape index (κ1) is 40.0. The van der Waals surface area contributed by atoms with Crippen molar-refractivity contribution in [1.82, 2.24) is 29.5 Å². The molecule has 3 aromatic rings. The minimum Gasteiger partial charge on any atom is -0.382 e. The Morgan fingerprint density at radius 3 is 2.38 bits per heavy atom. The number of β-amino-alcohol motifs (C(OH)–C–C–N with tert-alkyl or cyclic N) is 1.